The number of ether oxygens (including phenoxy) is 1. The maximum absolute atomic E-state index is 12.2. The number of nitro groups is 1. The molecule has 0 bridgehead atoms. The van der Waals surface area contributed by atoms with Crippen LogP contribution in [0.1, 0.15) is 45.7 Å². The summed E-state index contributed by atoms with van der Waals surface area (Å²) in [6, 6.07) is 0. The Morgan fingerprint density at radius 1 is 1.42 bits per heavy atom. The van der Waals surface area contributed by atoms with Gasteiger partial charge in [0.2, 0.25) is 0 Å². The first-order valence-electron chi connectivity index (χ1n) is 8.30. The average molecular weight is 338 g/mol. The van der Waals surface area contributed by atoms with E-state index < -0.39 is 5.60 Å². The molecule has 1 aliphatic heterocycles. The number of likely N-dealkylation sites (tertiary alicyclic amines) is 1. The van der Waals surface area contributed by atoms with Gasteiger partial charge < -0.3 is 9.64 Å². The van der Waals surface area contributed by atoms with Crippen LogP contribution in [0.5, 0.6) is 0 Å². The fourth-order valence-corrected chi connectivity index (χ4v) is 2.99. The summed E-state index contributed by atoms with van der Waals surface area (Å²) in [4.78, 5) is 24.6. The lowest BCUT2D eigenvalue weighted by Gasteiger charge is -2.26. The number of aryl methyl sites for hydroxylation is 1. The second kappa shape index (κ2) is 7.19. The van der Waals surface area contributed by atoms with Gasteiger partial charge in [0.05, 0.1) is 4.92 Å². The molecule has 0 N–H and O–H groups in total. The van der Waals surface area contributed by atoms with Gasteiger partial charge in [-0.25, -0.2) is 4.79 Å². The van der Waals surface area contributed by atoms with E-state index in [1.165, 1.54) is 6.20 Å². The number of amides is 1. The molecule has 0 radical (unpaired) electrons. The normalized spacial score (nSPS) is 19.0. The first-order valence-corrected chi connectivity index (χ1v) is 8.30. The zero-order chi connectivity index (χ0) is 17.9. The van der Waals surface area contributed by atoms with Gasteiger partial charge in [-0.2, -0.15) is 5.10 Å². The van der Waals surface area contributed by atoms with Crippen molar-refractivity contribution >= 4 is 11.8 Å². The van der Waals surface area contributed by atoms with Crippen molar-refractivity contribution < 1.29 is 14.5 Å². The van der Waals surface area contributed by atoms with E-state index in [0.717, 1.165) is 19.3 Å². The van der Waals surface area contributed by atoms with Crippen molar-refractivity contribution in [3.05, 3.63) is 22.0 Å². The zero-order valence-electron chi connectivity index (χ0n) is 14.8. The molecule has 0 saturated carbocycles. The van der Waals surface area contributed by atoms with Crippen LogP contribution >= 0.6 is 0 Å². The van der Waals surface area contributed by atoms with Gasteiger partial charge in [0.25, 0.3) is 0 Å². The maximum Gasteiger partial charge on any atom is 0.410 e. The predicted molar refractivity (Wildman–Crippen MR) is 88.7 cm³/mol. The summed E-state index contributed by atoms with van der Waals surface area (Å²) in [6.07, 6.45) is 4.24. The van der Waals surface area contributed by atoms with Crippen molar-refractivity contribution in [2.24, 2.45) is 13.0 Å². The van der Waals surface area contributed by atoms with Crippen molar-refractivity contribution in [2.45, 2.75) is 52.1 Å². The minimum atomic E-state index is -0.502. The summed E-state index contributed by atoms with van der Waals surface area (Å²) in [5.74, 6) is 0.298. The lowest BCUT2D eigenvalue weighted by Crippen LogP contribution is -2.37. The summed E-state index contributed by atoms with van der Waals surface area (Å²) in [5, 5.41) is 15.1. The smallest absolute Gasteiger partial charge is 0.410 e. The number of carbonyl (C=O) groups is 1. The lowest BCUT2D eigenvalue weighted by molar-refractivity contribution is -0.385. The largest absolute Gasteiger partial charge is 0.444 e. The van der Waals surface area contributed by atoms with E-state index in [1.807, 2.05) is 20.8 Å². The summed E-state index contributed by atoms with van der Waals surface area (Å²) < 4.78 is 7.01. The van der Waals surface area contributed by atoms with Gasteiger partial charge in [-0.15, -0.1) is 0 Å². The summed E-state index contributed by atoms with van der Waals surface area (Å²) in [7, 11) is 1.73. The van der Waals surface area contributed by atoms with Crippen molar-refractivity contribution in [3.63, 3.8) is 0 Å². The Balaban J connectivity index is 1.98. The van der Waals surface area contributed by atoms with Gasteiger partial charge in [0.1, 0.15) is 17.5 Å². The molecule has 1 saturated heterocycles. The predicted octanol–water partition coefficient (Wildman–Crippen LogP) is 2.91. The van der Waals surface area contributed by atoms with E-state index >= 15 is 0 Å². The molecule has 1 aromatic heterocycles. The lowest BCUT2D eigenvalue weighted by atomic mass is 9.95. The molecule has 1 amide bonds. The molecule has 8 nitrogen and oxygen atoms in total. The Morgan fingerprint density at radius 2 is 2.12 bits per heavy atom. The quantitative estimate of drug-likeness (QED) is 0.624. The van der Waals surface area contributed by atoms with E-state index in [1.54, 1.807) is 16.6 Å². The van der Waals surface area contributed by atoms with Gasteiger partial charge >= 0.3 is 11.8 Å². The minimum Gasteiger partial charge on any atom is -0.444 e. The molecule has 1 aromatic rings. The highest BCUT2D eigenvalue weighted by molar-refractivity contribution is 5.68. The molecule has 2 rings (SSSR count). The SMILES string of the molecule is Cn1ncc([N+](=O)[O-])c1C[C@H]1CCCN(C(=O)OC(C)(C)C)CC1. The fraction of sp³-hybridized carbons (Fsp3) is 0.750. The summed E-state index contributed by atoms with van der Waals surface area (Å²) >= 11 is 0. The Morgan fingerprint density at radius 3 is 2.75 bits per heavy atom. The highest BCUT2D eigenvalue weighted by Crippen LogP contribution is 2.27. The van der Waals surface area contributed by atoms with Crippen LogP contribution in [-0.2, 0) is 18.2 Å². The molecule has 24 heavy (non-hydrogen) atoms. The standard InChI is InChI=1S/C16H26N4O4/c1-16(2,3)24-15(21)19-8-5-6-12(7-9-19)10-13-14(20(22)23)11-17-18(13)4/h11-12H,5-10H2,1-4H3/t12-/m0/s1. The van der Waals surface area contributed by atoms with Gasteiger partial charge in [0, 0.05) is 20.1 Å². The van der Waals surface area contributed by atoms with Crippen LogP contribution in [0.4, 0.5) is 10.5 Å². The monoisotopic (exact) mass is 338 g/mol. The van der Waals surface area contributed by atoms with Gasteiger partial charge in [-0.3, -0.25) is 14.8 Å². The zero-order valence-corrected chi connectivity index (χ0v) is 14.8. The number of carbonyl (C=O) groups excluding carboxylic acids is 1. The number of nitrogens with zero attached hydrogens (tertiary/aromatic N) is 4. The molecular formula is C16H26N4O4. The highest BCUT2D eigenvalue weighted by Gasteiger charge is 2.27. The topological polar surface area (TPSA) is 90.5 Å². The number of rotatable bonds is 3. The minimum absolute atomic E-state index is 0.0748. The Bertz CT molecular complexity index is 606. The Labute approximate surface area is 141 Å². The highest BCUT2D eigenvalue weighted by atomic mass is 16.6. The number of aromatic nitrogens is 2. The van der Waals surface area contributed by atoms with Gasteiger partial charge in [0.15, 0.2) is 0 Å². The first-order chi connectivity index (χ1) is 11.2. The molecule has 1 atom stereocenters. The number of hydrogen-bond acceptors (Lipinski definition) is 5. The van der Waals surface area contributed by atoms with E-state index in [-0.39, 0.29) is 16.7 Å². The maximum atomic E-state index is 12.2. The van der Waals surface area contributed by atoms with E-state index in [2.05, 4.69) is 5.10 Å². The Kier molecular flexibility index (Phi) is 5.46. The first kappa shape index (κ1) is 18.2. The molecular weight excluding hydrogens is 312 g/mol. The fourth-order valence-electron chi connectivity index (χ4n) is 2.99. The van der Waals surface area contributed by atoms with Gasteiger partial charge in [-0.05, 0) is 52.4 Å². The van der Waals surface area contributed by atoms with Crippen LogP contribution in [0.2, 0.25) is 0 Å². The molecule has 1 fully saturated rings. The van der Waals surface area contributed by atoms with Gasteiger partial charge in [-0.1, -0.05) is 0 Å². The second-order valence-electron chi connectivity index (χ2n) is 7.33. The van der Waals surface area contributed by atoms with Crippen LogP contribution in [0.3, 0.4) is 0 Å². The van der Waals surface area contributed by atoms with E-state index in [4.69, 9.17) is 4.74 Å². The molecule has 0 aliphatic carbocycles. The van der Waals surface area contributed by atoms with E-state index in [0.29, 0.717) is 31.1 Å². The van der Waals surface area contributed by atoms with Crippen LogP contribution in [0.25, 0.3) is 0 Å². The van der Waals surface area contributed by atoms with Crippen LogP contribution < -0.4 is 0 Å². The molecule has 1 aliphatic rings. The molecule has 0 spiro atoms. The molecule has 2 heterocycles. The Hall–Kier alpha value is -2.12. The van der Waals surface area contributed by atoms with Crippen molar-refractivity contribution in [3.8, 4) is 0 Å². The summed E-state index contributed by atoms with van der Waals surface area (Å²) in [6.45, 7) is 6.84. The van der Waals surface area contributed by atoms with E-state index in [9.17, 15) is 14.9 Å². The third-order valence-electron chi connectivity index (χ3n) is 4.22. The number of hydrogen-bond donors (Lipinski definition) is 0. The third kappa shape index (κ3) is 4.69. The molecule has 0 unspecified atom stereocenters. The molecule has 0 aromatic carbocycles. The second-order valence-corrected chi connectivity index (χ2v) is 7.33. The third-order valence-corrected chi connectivity index (χ3v) is 4.22. The molecule has 134 valence electrons. The summed E-state index contributed by atoms with van der Waals surface area (Å²) in [5.41, 5.74) is 0.222. The average Bonchev–Trinajstić information content (AvgIpc) is 2.68. The molecule has 8 heteroatoms. The van der Waals surface area contributed by atoms with Crippen LogP contribution in [0, 0.1) is 16.0 Å². The van der Waals surface area contributed by atoms with Crippen LogP contribution in [0.15, 0.2) is 6.20 Å². The van der Waals surface area contributed by atoms with Crippen molar-refractivity contribution in [2.75, 3.05) is 13.1 Å². The van der Waals surface area contributed by atoms with Crippen molar-refractivity contribution in [1.29, 1.82) is 0 Å². The van der Waals surface area contributed by atoms with Crippen molar-refractivity contribution in [1.82, 2.24) is 14.7 Å². The van der Waals surface area contributed by atoms with Crippen LogP contribution in [-0.4, -0.2) is 44.4 Å².